The maximum Gasteiger partial charge on any atom is 0.243 e. The fourth-order valence-corrected chi connectivity index (χ4v) is 5.58. The number of aromatic nitrogens is 3. The Morgan fingerprint density at radius 3 is 2.50 bits per heavy atom. The molecule has 178 valence electrons. The van der Waals surface area contributed by atoms with Gasteiger partial charge in [0.15, 0.2) is 5.82 Å². The number of hydrogen-bond acceptors (Lipinski definition) is 5. The molecule has 34 heavy (non-hydrogen) atoms. The van der Waals surface area contributed by atoms with Crippen LogP contribution in [-0.2, 0) is 23.0 Å². The van der Waals surface area contributed by atoms with Crippen molar-refractivity contribution in [2.75, 3.05) is 0 Å². The highest BCUT2D eigenvalue weighted by atomic mass is 32.2. The maximum atomic E-state index is 13.0. The van der Waals surface area contributed by atoms with E-state index in [2.05, 4.69) is 20.8 Å². The van der Waals surface area contributed by atoms with Crippen LogP contribution >= 0.6 is 0 Å². The summed E-state index contributed by atoms with van der Waals surface area (Å²) in [5, 5.41) is 10.6. The van der Waals surface area contributed by atoms with Crippen LogP contribution in [0.25, 0.3) is 22.4 Å². The number of halogens is 2. The number of alkyl halides is 2. The third-order valence-corrected chi connectivity index (χ3v) is 8.10. The van der Waals surface area contributed by atoms with E-state index in [0.29, 0.717) is 46.1 Å². The van der Waals surface area contributed by atoms with E-state index in [0.717, 1.165) is 25.7 Å². The Morgan fingerprint density at radius 1 is 1.21 bits per heavy atom. The highest BCUT2D eigenvalue weighted by Gasteiger charge is 2.32. The molecule has 0 saturated heterocycles. The van der Waals surface area contributed by atoms with Crippen LogP contribution in [0.15, 0.2) is 35.5 Å². The third kappa shape index (κ3) is 4.55. The Kier molecular flexibility index (Phi) is 5.86. The summed E-state index contributed by atoms with van der Waals surface area (Å²) in [5.74, 6) is 1.03. The van der Waals surface area contributed by atoms with Crippen molar-refractivity contribution >= 4 is 20.9 Å². The van der Waals surface area contributed by atoms with Crippen molar-refractivity contribution in [3.63, 3.8) is 0 Å². The molecule has 0 unspecified atom stereocenters. The fraction of sp³-hybridized carbons (Fsp3) is 0.458. The molecule has 1 N–H and O–H groups in total. The molecule has 2 saturated carbocycles. The van der Waals surface area contributed by atoms with Gasteiger partial charge in [0.05, 0.1) is 23.5 Å². The summed E-state index contributed by atoms with van der Waals surface area (Å²) in [7, 11) is -3.76. The lowest BCUT2D eigenvalue weighted by Crippen LogP contribution is -2.34. The van der Waals surface area contributed by atoms with Crippen LogP contribution in [0.5, 0.6) is 0 Å². The van der Waals surface area contributed by atoms with Crippen molar-refractivity contribution in [1.29, 1.82) is 5.26 Å². The molecule has 0 bridgehead atoms. The molecule has 10 heteroatoms. The van der Waals surface area contributed by atoms with Crippen molar-refractivity contribution in [1.82, 2.24) is 19.3 Å². The van der Waals surface area contributed by atoms with Crippen LogP contribution in [0.1, 0.15) is 43.7 Å². The van der Waals surface area contributed by atoms with Crippen molar-refractivity contribution < 1.29 is 17.2 Å². The second-order valence-electron chi connectivity index (χ2n) is 9.33. The van der Waals surface area contributed by atoms with Gasteiger partial charge in [-0.25, -0.2) is 31.9 Å². The Morgan fingerprint density at radius 2 is 1.91 bits per heavy atom. The zero-order valence-electron chi connectivity index (χ0n) is 18.7. The summed E-state index contributed by atoms with van der Waals surface area (Å²) in [6, 6.07) is 7.08. The first-order valence-corrected chi connectivity index (χ1v) is 12.9. The average Bonchev–Trinajstić information content (AvgIpc) is 3.71. The summed E-state index contributed by atoms with van der Waals surface area (Å²) in [6.45, 7) is 2.47. The first kappa shape index (κ1) is 22.9. The highest BCUT2D eigenvalue weighted by Crippen LogP contribution is 2.38. The van der Waals surface area contributed by atoms with Gasteiger partial charge in [-0.3, -0.25) is 0 Å². The van der Waals surface area contributed by atoms with Crippen molar-refractivity contribution in [3.8, 4) is 17.6 Å². The van der Waals surface area contributed by atoms with Gasteiger partial charge in [-0.1, -0.05) is 12.1 Å². The molecule has 2 fully saturated rings. The second-order valence-corrected chi connectivity index (χ2v) is 11.0. The third-order valence-electron chi connectivity index (χ3n) is 6.59. The number of nitrogens with one attached hydrogen (secondary N) is 1. The topological polar surface area (TPSA) is 101 Å². The fourth-order valence-electron chi connectivity index (χ4n) is 4.38. The van der Waals surface area contributed by atoms with E-state index in [1.54, 1.807) is 18.2 Å². The standard InChI is InChI=1S/C24H25F2N5O2S/c1-14(17-5-6-17)30-34(32,33)18-11-28-24(29-12-18)23-20(10-27)19-7-4-16(9-22(25)26)8-21(19)31(23)13-15-2-3-15/h4,7-8,11-12,14-15,17,22,30H,2-3,5-6,9,13H2,1H3/t14-/m0/s1. The number of nitriles is 1. The van der Waals surface area contributed by atoms with Crippen LogP contribution in [0.2, 0.25) is 0 Å². The smallest absolute Gasteiger partial charge is 0.243 e. The zero-order chi connectivity index (χ0) is 24.0. The van der Waals surface area contributed by atoms with Gasteiger partial charge >= 0.3 is 0 Å². The lowest BCUT2D eigenvalue weighted by molar-refractivity contribution is 0.149. The van der Waals surface area contributed by atoms with Gasteiger partial charge in [-0.15, -0.1) is 0 Å². The summed E-state index contributed by atoms with van der Waals surface area (Å²) < 4.78 is 56.0. The number of benzene rings is 1. The molecule has 2 aliphatic carbocycles. The first-order chi connectivity index (χ1) is 16.3. The summed E-state index contributed by atoms with van der Waals surface area (Å²) in [6.07, 6.45) is 3.83. The predicted molar refractivity (Wildman–Crippen MR) is 123 cm³/mol. The van der Waals surface area contributed by atoms with Gasteiger partial charge in [-0.05, 0) is 56.1 Å². The zero-order valence-corrected chi connectivity index (χ0v) is 19.5. The molecule has 5 rings (SSSR count). The molecule has 0 radical (unpaired) electrons. The van der Waals surface area contributed by atoms with Crippen LogP contribution in [-0.4, -0.2) is 35.4 Å². The molecule has 3 aromatic rings. The summed E-state index contributed by atoms with van der Waals surface area (Å²) >= 11 is 0. The quantitative estimate of drug-likeness (QED) is 0.488. The number of sulfonamides is 1. The molecule has 0 spiro atoms. The second kappa shape index (κ2) is 8.71. The Bertz CT molecular complexity index is 1370. The Labute approximate surface area is 196 Å². The van der Waals surface area contributed by atoms with Crippen LogP contribution in [0.4, 0.5) is 8.78 Å². The molecule has 2 aliphatic rings. The number of fused-ring (bicyclic) bond motifs is 1. The Hall–Kier alpha value is -2.90. The minimum atomic E-state index is -3.76. The van der Waals surface area contributed by atoms with E-state index in [1.807, 2.05) is 11.5 Å². The van der Waals surface area contributed by atoms with Crippen molar-refractivity contribution in [2.24, 2.45) is 11.8 Å². The van der Waals surface area contributed by atoms with E-state index in [-0.39, 0.29) is 23.2 Å². The number of nitrogens with zero attached hydrogens (tertiary/aromatic N) is 4. The molecule has 0 aliphatic heterocycles. The first-order valence-electron chi connectivity index (χ1n) is 11.4. The number of rotatable bonds is 9. The monoisotopic (exact) mass is 485 g/mol. The van der Waals surface area contributed by atoms with Crippen LogP contribution in [0, 0.1) is 23.2 Å². The molecule has 2 aromatic heterocycles. The predicted octanol–water partition coefficient (Wildman–Crippen LogP) is 4.26. The van der Waals surface area contributed by atoms with Gasteiger partial charge in [0.25, 0.3) is 0 Å². The van der Waals surface area contributed by atoms with Gasteiger partial charge < -0.3 is 4.57 Å². The molecular formula is C24H25F2N5O2S. The van der Waals surface area contributed by atoms with E-state index >= 15 is 0 Å². The van der Waals surface area contributed by atoms with Gasteiger partial charge in [-0.2, -0.15) is 5.26 Å². The largest absolute Gasteiger partial charge is 0.336 e. The summed E-state index contributed by atoms with van der Waals surface area (Å²) in [5.41, 5.74) is 2.03. The van der Waals surface area contributed by atoms with E-state index < -0.39 is 16.4 Å². The Balaban J connectivity index is 1.56. The van der Waals surface area contributed by atoms with Crippen molar-refractivity contribution in [2.45, 2.75) is 62.9 Å². The van der Waals surface area contributed by atoms with Gasteiger partial charge in [0.2, 0.25) is 16.4 Å². The number of hydrogen-bond donors (Lipinski definition) is 1. The van der Waals surface area contributed by atoms with E-state index in [9.17, 15) is 22.5 Å². The highest BCUT2D eigenvalue weighted by molar-refractivity contribution is 7.89. The van der Waals surface area contributed by atoms with E-state index in [1.165, 1.54) is 12.4 Å². The molecule has 2 heterocycles. The summed E-state index contributed by atoms with van der Waals surface area (Å²) in [4.78, 5) is 8.61. The maximum absolute atomic E-state index is 13.0. The lowest BCUT2D eigenvalue weighted by atomic mass is 10.1. The lowest BCUT2D eigenvalue weighted by Gasteiger charge is -2.13. The molecule has 7 nitrogen and oxygen atoms in total. The molecule has 1 atom stereocenters. The minimum absolute atomic E-state index is 0.0358. The van der Waals surface area contributed by atoms with E-state index in [4.69, 9.17) is 0 Å². The van der Waals surface area contributed by atoms with Gasteiger partial charge in [0, 0.05) is 24.4 Å². The van der Waals surface area contributed by atoms with Crippen LogP contribution in [0.3, 0.4) is 0 Å². The minimum Gasteiger partial charge on any atom is -0.336 e. The normalized spacial score (nSPS) is 17.3. The average molecular weight is 486 g/mol. The van der Waals surface area contributed by atoms with Crippen LogP contribution < -0.4 is 4.72 Å². The van der Waals surface area contributed by atoms with Crippen molar-refractivity contribution in [3.05, 3.63) is 41.7 Å². The molecule has 0 amide bonds. The molecule has 1 aromatic carbocycles. The SMILES string of the molecule is C[C@H](NS(=O)(=O)c1cnc(-c2c(C#N)c3ccc(CC(F)F)cc3n2CC2CC2)nc1)C1CC1. The van der Waals surface area contributed by atoms with Gasteiger partial charge in [0.1, 0.15) is 16.7 Å². The molecular weight excluding hydrogens is 460 g/mol.